The standard InChI is InChI=1S/C10H18N2OS/c13-10(8-9-11-4-7-14-9)12-5-2-1-3-6-12/h9,11H,1-8H2. The first kappa shape index (κ1) is 10.3. The van der Waals surface area contributed by atoms with E-state index in [1.165, 1.54) is 19.3 Å². The van der Waals surface area contributed by atoms with Gasteiger partial charge in [0.2, 0.25) is 5.91 Å². The molecular weight excluding hydrogens is 196 g/mol. The Kier molecular flexibility index (Phi) is 3.70. The van der Waals surface area contributed by atoms with Gasteiger partial charge >= 0.3 is 0 Å². The Morgan fingerprint density at radius 3 is 2.79 bits per heavy atom. The van der Waals surface area contributed by atoms with Gasteiger partial charge in [-0.2, -0.15) is 0 Å². The summed E-state index contributed by atoms with van der Waals surface area (Å²) in [5, 5.41) is 3.72. The van der Waals surface area contributed by atoms with E-state index in [0.717, 1.165) is 25.4 Å². The van der Waals surface area contributed by atoms with Crippen molar-refractivity contribution in [3.8, 4) is 0 Å². The molecule has 14 heavy (non-hydrogen) atoms. The van der Waals surface area contributed by atoms with Crippen molar-refractivity contribution in [1.82, 2.24) is 10.2 Å². The van der Waals surface area contributed by atoms with E-state index in [2.05, 4.69) is 5.32 Å². The number of hydrogen-bond donors (Lipinski definition) is 1. The number of amides is 1. The largest absolute Gasteiger partial charge is 0.343 e. The van der Waals surface area contributed by atoms with Crippen LogP contribution >= 0.6 is 11.8 Å². The van der Waals surface area contributed by atoms with Crippen LogP contribution in [-0.4, -0.2) is 41.6 Å². The molecular formula is C10H18N2OS. The van der Waals surface area contributed by atoms with Crippen LogP contribution in [0.25, 0.3) is 0 Å². The molecule has 0 aromatic carbocycles. The molecule has 0 aliphatic carbocycles. The third-order valence-corrected chi connectivity index (χ3v) is 4.04. The minimum atomic E-state index is 0.344. The van der Waals surface area contributed by atoms with Crippen LogP contribution in [0.3, 0.4) is 0 Å². The van der Waals surface area contributed by atoms with Crippen molar-refractivity contribution in [2.24, 2.45) is 0 Å². The van der Waals surface area contributed by atoms with Crippen molar-refractivity contribution in [3.63, 3.8) is 0 Å². The SMILES string of the molecule is O=C(CC1NCCS1)N1CCCCC1. The summed E-state index contributed by atoms with van der Waals surface area (Å²) in [6, 6.07) is 0. The van der Waals surface area contributed by atoms with Crippen molar-refractivity contribution in [1.29, 1.82) is 0 Å². The highest BCUT2D eigenvalue weighted by atomic mass is 32.2. The Morgan fingerprint density at radius 2 is 2.14 bits per heavy atom. The predicted molar refractivity (Wildman–Crippen MR) is 59.3 cm³/mol. The lowest BCUT2D eigenvalue weighted by atomic mass is 10.1. The van der Waals surface area contributed by atoms with Gasteiger partial charge in [0.15, 0.2) is 0 Å². The van der Waals surface area contributed by atoms with E-state index in [1.807, 2.05) is 16.7 Å². The molecule has 2 saturated heterocycles. The number of carbonyl (C=O) groups excluding carboxylic acids is 1. The third-order valence-electron chi connectivity index (χ3n) is 2.86. The Morgan fingerprint density at radius 1 is 1.36 bits per heavy atom. The second kappa shape index (κ2) is 5.03. The highest BCUT2D eigenvalue weighted by Crippen LogP contribution is 2.19. The van der Waals surface area contributed by atoms with Gasteiger partial charge in [-0.05, 0) is 19.3 Å². The van der Waals surface area contributed by atoms with Gasteiger partial charge in [-0.25, -0.2) is 0 Å². The second-order valence-electron chi connectivity index (χ2n) is 3.96. The third kappa shape index (κ3) is 2.64. The summed E-state index contributed by atoms with van der Waals surface area (Å²) < 4.78 is 0. The minimum absolute atomic E-state index is 0.344. The number of rotatable bonds is 2. The molecule has 2 aliphatic heterocycles. The van der Waals surface area contributed by atoms with Crippen molar-refractivity contribution in [2.45, 2.75) is 31.1 Å². The van der Waals surface area contributed by atoms with E-state index >= 15 is 0 Å². The van der Waals surface area contributed by atoms with Gasteiger partial charge < -0.3 is 10.2 Å². The van der Waals surface area contributed by atoms with Crippen molar-refractivity contribution < 1.29 is 4.79 Å². The number of likely N-dealkylation sites (tertiary alicyclic amines) is 1. The molecule has 0 aromatic heterocycles. The van der Waals surface area contributed by atoms with E-state index < -0.39 is 0 Å². The van der Waals surface area contributed by atoms with Crippen molar-refractivity contribution in [3.05, 3.63) is 0 Å². The molecule has 80 valence electrons. The molecule has 4 heteroatoms. The van der Waals surface area contributed by atoms with Gasteiger partial charge in [0.25, 0.3) is 0 Å². The Hall–Kier alpha value is -0.220. The molecule has 0 saturated carbocycles. The van der Waals surface area contributed by atoms with E-state index in [-0.39, 0.29) is 0 Å². The molecule has 2 fully saturated rings. The molecule has 2 aliphatic rings. The van der Waals surface area contributed by atoms with E-state index in [9.17, 15) is 4.79 Å². The summed E-state index contributed by atoms with van der Waals surface area (Å²) in [4.78, 5) is 13.9. The minimum Gasteiger partial charge on any atom is -0.343 e. The first-order chi connectivity index (χ1) is 6.86. The van der Waals surface area contributed by atoms with Gasteiger partial charge in [-0.1, -0.05) is 0 Å². The fourth-order valence-electron chi connectivity index (χ4n) is 2.04. The topological polar surface area (TPSA) is 32.3 Å². The van der Waals surface area contributed by atoms with E-state index in [1.54, 1.807) is 0 Å². The van der Waals surface area contributed by atoms with Gasteiger partial charge in [0, 0.05) is 25.4 Å². The summed E-state index contributed by atoms with van der Waals surface area (Å²) in [5.74, 6) is 1.49. The molecule has 3 nitrogen and oxygen atoms in total. The molecule has 0 bridgehead atoms. The smallest absolute Gasteiger partial charge is 0.225 e. The summed E-state index contributed by atoms with van der Waals surface area (Å²) in [6.07, 6.45) is 4.36. The second-order valence-corrected chi connectivity index (χ2v) is 5.27. The zero-order chi connectivity index (χ0) is 9.80. The molecule has 1 N–H and O–H groups in total. The normalized spacial score (nSPS) is 28.0. The summed E-state index contributed by atoms with van der Waals surface area (Å²) in [5.41, 5.74) is 0. The fourth-order valence-corrected chi connectivity index (χ4v) is 3.06. The zero-order valence-corrected chi connectivity index (χ0v) is 9.31. The monoisotopic (exact) mass is 214 g/mol. The van der Waals surface area contributed by atoms with Crippen LogP contribution in [0.2, 0.25) is 0 Å². The first-order valence-electron chi connectivity index (χ1n) is 5.49. The van der Waals surface area contributed by atoms with Gasteiger partial charge in [-0.15, -0.1) is 11.8 Å². The number of hydrogen-bond acceptors (Lipinski definition) is 3. The summed E-state index contributed by atoms with van der Waals surface area (Å²) in [7, 11) is 0. The molecule has 1 unspecified atom stereocenters. The maximum absolute atomic E-state index is 11.8. The molecule has 1 amide bonds. The average Bonchev–Trinajstić information content (AvgIpc) is 2.72. The number of piperidine rings is 1. The lowest BCUT2D eigenvalue weighted by Crippen LogP contribution is -2.38. The van der Waals surface area contributed by atoms with Crippen molar-refractivity contribution in [2.75, 3.05) is 25.4 Å². The maximum atomic E-state index is 11.8. The molecule has 0 spiro atoms. The van der Waals surface area contributed by atoms with Gasteiger partial charge in [0.1, 0.15) is 0 Å². The Bertz CT molecular complexity index is 198. The van der Waals surface area contributed by atoms with Crippen LogP contribution < -0.4 is 5.32 Å². The van der Waals surface area contributed by atoms with Crippen LogP contribution in [0, 0.1) is 0 Å². The maximum Gasteiger partial charge on any atom is 0.225 e. The predicted octanol–water partition coefficient (Wildman–Crippen LogP) is 1.05. The van der Waals surface area contributed by atoms with Crippen molar-refractivity contribution >= 4 is 17.7 Å². The summed E-state index contributed by atoms with van der Waals surface area (Å²) >= 11 is 1.88. The van der Waals surface area contributed by atoms with Crippen LogP contribution in [0.15, 0.2) is 0 Å². The fraction of sp³-hybridized carbons (Fsp3) is 0.900. The molecule has 2 rings (SSSR count). The average molecular weight is 214 g/mol. The zero-order valence-electron chi connectivity index (χ0n) is 8.50. The van der Waals surface area contributed by atoms with Gasteiger partial charge in [0.05, 0.1) is 11.8 Å². The molecule has 0 radical (unpaired) electrons. The Balaban J connectivity index is 1.75. The van der Waals surface area contributed by atoms with Crippen LogP contribution in [0.4, 0.5) is 0 Å². The first-order valence-corrected chi connectivity index (χ1v) is 6.54. The van der Waals surface area contributed by atoms with Crippen LogP contribution in [-0.2, 0) is 4.79 Å². The van der Waals surface area contributed by atoms with Gasteiger partial charge in [-0.3, -0.25) is 4.79 Å². The molecule has 1 atom stereocenters. The van der Waals surface area contributed by atoms with E-state index in [4.69, 9.17) is 0 Å². The lowest BCUT2D eigenvalue weighted by Gasteiger charge is -2.27. The van der Waals surface area contributed by atoms with Crippen LogP contribution in [0.1, 0.15) is 25.7 Å². The molecule has 2 heterocycles. The highest BCUT2D eigenvalue weighted by Gasteiger charge is 2.22. The Labute approximate surface area is 89.6 Å². The number of nitrogens with zero attached hydrogens (tertiary/aromatic N) is 1. The number of thioether (sulfide) groups is 1. The quantitative estimate of drug-likeness (QED) is 0.746. The van der Waals surface area contributed by atoms with E-state index in [0.29, 0.717) is 17.7 Å². The molecule has 0 aromatic rings. The number of carbonyl (C=O) groups is 1. The lowest BCUT2D eigenvalue weighted by molar-refractivity contribution is -0.132. The summed E-state index contributed by atoms with van der Waals surface area (Å²) in [6.45, 7) is 3.02. The van der Waals surface area contributed by atoms with Crippen LogP contribution in [0.5, 0.6) is 0 Å². The highest BCUT2D eigenvalue weighted by molar-refractivity contribution is 8.00. The number of nitrogens with one attached hydrogen (secondary N) is 1.